The number of nitrogens with zero attached hydrogens (tertiary/aromatic N) is 3. The Morgan fingerprint density at radius 2 is 1.13 bits per heavy atom. The third-order valence-electron chi connectivity index (χ3n) is 7.52. The van der Waals surface area contributed by atoms with Gasteiger partial charge in [0.25, 0.3) is 0 Å². The Bertz CT molecular complexity index is 1970. The van der Waals surface area contributed by atoms with Crippen molar-refractivity contribution in [3.63, 3.8) is 0 Å². The van der Waals surface area contributed by atoms with Crippen LogP contribution in [0.1, 0.15) is 0 Å². The van der Waals surface area contributed by atoms with E-state index in [2.05, 4.69) is 149 Å². The fourth-order valence-electron chi connectivity index (χ4n) is 5.72. The molecule has 0 saturated heterocycles. The number of benzene rings is 6. The Balaban J connectivity index is 1.45. The molecule has 1 aliphatic heterocycles. The summed E-state index contributed by atoms with van der Waals surface area (Å²) in [6.07, 6.45) is 0. The van der Waals surface area contributed by atoms with Crippen LogP contribution in [0.4, 0.5) is 17.3 Å². The molecule has 0 aliphatic carbocycles. The van der Waals surface area contributed by atoms with Gasteiger partial charge in [0.15, 0.2) is 0 Å². The molecule has 7 aromatic rings. The van der Waals surface area contributed by atoms with Crippen molar-refractivity contribution in [2.45, 2.75) is 0 Å². The summed E-state index contributed by atoms with van der Waals surface area (Å²) in [5.41, 5.74) is 10.2. The largest absolute Gasteiger partial charge is 0.280 e. The van der Waals surface area contributed by atoms with Crippen LogP contribution in [0, 0.1) is 0 Å². The first kappa shape index (κ1) is 21.0. The van der Waals surface area contributed by atoms with Crippen LogP contribution in [0.15, 0.2) is 140 Å². The van der Waals surface area contributed by atoms with Crippen LogP contribution in [0.5, 0.6) is 0 Å². The van der Waals surface area contributed by atoms with Gasteiger partial charge in [0.2, 0.25) is 5.95 Å². The molecular weight excluding hydrogens is 462 g/mol. The quantitative estimate of drug-likeness (QED) is 0.243. The Kier molecular flexibility index (Phi) is 4.52. The van der Waals surface area contributed by atoms with Crippen molar-refractivity contribution in [3.8, 4) is 27.9 Å². The first-order valence-corrected chi connectivity index (χ1v) is 12.9. The van der Waals surface area contributed by atoms with E-state index in [0.717, 1.165) is 34.0 Å². The van der Waals surface area contributed by atoms with Gasteiger partial charge >= 0.3 is 0 Å². The van der Waals surface area contributed by atoms with Gasteiger partial charge in [-0.05, 0) is 64.4 Å². The van der Waals surface area contributed by atoms with E-state index < -0.39 is 0 Å². The molecule has 2 heterocycles. The average molecular weight is 486 g/mol. The lowest BCUT2D eigenvalue weighted by Crippen LogP contribution is -2.14. The maximum Gasteiger partial charge on any atom is 0.220 e. The first-order valence-electron chi connectivity index (χ1n) is 12.9. The smallest absolute Gasteiger partial charge is 0.220 e. The van der Waals surface area contributed by atoms with Gasteiger partial charge in [0, 0.05) is 16.8 Å². The van der Waals surface area contributed by atoms with Gasteiger partial charge in [-0.3, -0.25) is 9.47 Å². The fourth-order valence-corrected chi connectivity index (χ4v) is 5.72. The van der Waals surface area contributed by atoms with Crippen LogP contribution in [0.25, 0.3) is 49.7 Å². The molecule has 0 unspecified atom stereocenters. The van der Waals surface area contributed by atoms with E-state index in [1.165, 1.54) is 33.0 Å². The standard InChI is InChI=1S/C35H23N3/c1-2-10-24(11-3-1)25-18-20-28(21-19-25)37-34-23-27-13-5-4-12-26(27)22-30(34)29-14-6-8-16-32(29)38-33-17-9-7-15-31(33)36-35(37)38/h1-23H. The van der Waals surface area contributed by atoms with Gasteiger partial charge in [0.05, 0.1) is 22.4 Å². The highest BCUT2D eigenvalue weighted by Gasteiger charge is 2.29. The van der Waals surface area contributed by atoms with Gasteiger partial charge < -0.3 is 0 Å². The topological polar surface area (TPSA) is 21.1 Å². The second-order valence-electron chi connectivity index (χ2n) is 9.72. The summed E-state index contributed by atoms with van der Waals surface area (Å²) in [4.78, 5) is 7.53. The summed E-state index contributed by atoms with van der Waals surface area (Å²) in [6, 6.07) is 49.6. The van der Waals surface area contributed by atoms with E-state index in [1.807, 2.05) is 0 Å². The highest BCUT2D eigenvalue weighted by atomic mass is 15.3. The van der Waals surface area contributed by atoms with E-state index in [9.17, 15) is 0 Å². The summed E-state index contributed by atoms with van der Waals surface area (Å²) in [7, 11) is 0. The molecule has 38 heavy (non-hydrogen) atoms. The van der Waals surface area contributed by atoms with Crippen molar-refractivity contribution < 1.29 is 0 Å². The van der Waals surface area contributed by atoms with Crippen LogP contribution in [0.2, 0.25) is 0 Å². The molecule has 0 atom stereocenters. The monoisotopic (exact) mass is 485 g/mol. The van der Waals surface area contributed by atoms with Crippen molar-refractivity contribution in [3.05, 3.63) is 140 Å². The van der Waals surface area contributed by atoms with Crippen LogP contribution in [-0.4, -0.2) is 9.55 Å². The zero-order valence-electron chi connectivity index (χ0n) is 20.6. The van der Waals surface area contributed by atoms with Gasteiger partial charge in [0.1, 0.15) is 0 Å². The average Bonchev–Trinajstić information content (AvgIpc) is 3.31. The van der Waals surface area contributed by atoms with Gasteiger partial charge in [-0.2, -0.15) is 0 Å². The molecule has 0 fully saturated rings. The molecule has 0 N–H and O–H groups in total. The number of hydrogen-bond acceptors (Lipinski definition) is 2. The molecule has 3 heteroatoms. The third kappa shape index (κ3) is 3.12. The van der Waals surface area contributed by atoms with Gasteiger partial charge in [-0.15, -0.1) is 0 Å². The fraction of sp³-hybridized carbons (Fsp3) is 0. The predicted octanol–water partition coefficient (Wildman–Crippen LogP) is 9.30. The lowest BCUT2D eigenvalue weighted by Gasteiger charge is -2.25. The summed E-state index contributed by atoms with van der Waals surface area (Å²) in [6.45, 7) is 0. The molecule has 1 aromatic heterocycles. The number of imidazole rings is 1. The van der Waals surface area contributed by atoms with E-state index >= 15 is 0 Å². The Morgan fingerprint density at radius 1 is 0.474 bits per heavy atom. The zero-order chi connectivity index (χ0) is 25.1. The van der Waals surface area contributed by atoms with Crippen molar-refractivity contribution in [2.75, 3.05) is 4.90 Å². The second kappa shape index (κ2) is 8.19. The van der Waals surface area contributed by atoms with Crippen LogP contribution in [0.3, 0.4) is 0 Å². The maximum absolute atomic E-state index is 5.22. The molecular formula is C35H23N3. The first-order chi connectivity index (χ1) is 18.8. The van der Waals surface area contributed by atoms with Crippen molar-refractivity contribution in [1.29, 1.82) is 0 Å². The van der Waals surface area contributed by atoms with Crippen LogP contribution >= 0.6 is 0 Å². The summed E-state index contributed by atoms with van der Waals surface area (Å²) >= 11 is 0. The van der Waals surface area contributed by atoms with E-state index in [1.54, 1.807) is 0 Å². The molecule has 0 amide bonds. The van der Waals surface area contributed by atoms with Crippen molar-refractivity contribution >= 4 is 39.1 Å². The minimum absolute atomic E-state index is 0.889. The Morgan fingerprint density at radius 3 is 1.97 bits per heavy atom. The SMILES string of the molecule is c1ccc(-c2ccc(N3c4cc5ccccc5cc4-c4ccccc4-n4c3nc3ccccc34)cc2)cc1. The van der Waals surface area contributed by atoms with E-state index in [4.69, 9.17) is 4.98 Å². The summed E-state index contributed by atoms with van der Waals surface area (Å²) in [5, 5.41) is 2.43. The van der Waals surface area contributed by atoms with Gasteiger partial charge in [-0.25, -0.2) is 4.98 Å². The van der Waals surface area contributed by atoms with Crippen molar-refractivity contribution in [1.82, 2.24) is 9.55 Å². The molecule has 1 aliphatic rings. The van der Waals surface area contributed by atoms with Gasteiger partial charge in [-0.1, -0.05) is 97.1 Å². The number of aromatic nitrogens is 2. The Hall–Kier alpha value is -5.15. The molecule has 8 rings (SSSR count). The molecule has 0 saturated carbocycles. The normalized spacial score (nSPS) is 12.2. The number of rotatable bonds is 2. The minimum Gasteiger partial charge on any atom is -0.280 e. The van der Waals surface area contributed by atoms with Crippen LogP contribution in [-0.2, 0) is 0 Å². The lowest BCUT2D eigenvalue weighted by molar-refractivity contribution is 1.05. The molecule has 0 spiro atoms. The van der Waals surface area contributed by atoms with Crippen LogP contribution < -0.4 is 4.90 Å². The molecule has 0 radical (unpaired) electrons. The number of anilines is 3. The van der Waals surface area contributed by atoms with Crippen molar-refractivity contribution in [2.24, 2.45) is 0 Å². The number of para-hydroxylation sites is 3. The van der Waals surface area contributed by atoms with E-state index in [0.29, 0.717) is 0 Å². The number of hydrogen-bond donors (Lipinski definition) is 0. The van der Waals surface area contributed by atoms with E-state index in [-0.39, 0.29) is 0 Å². The number of fused-ring (bicyclic) bond motifs is 8. The highest BCUT2D eigenvalue weighted by molar-refractivity contribution is 6.02. The highest BCUT2D eigenvalue weighted by Crippen LogP contribution is 2.48. The minimum atomic E-state index is 0.889. The third-order valence-corrected chi connectivity index (χ3v) is 7.52. The Labute approximate surface area is 220 Å². The molecule has 3 nitrogen and oxygen atoms in total. The zero-order valence-corrected chi connectivity index (χ0v) is 20.6. The second-order valence-corrected chi connectivity index (χ2v) is 9.72. The lowest BCUT2D eigenvalue weighted by atomic mass is 9.97. The summed E-state index contributed by atoms with van der Waals surface area (Å²) < 4.78 is 2.31. The predicted molar refractivity (Wildman–Crippen MR) is 158 cm³/mol. The molecule has 178 valence electrons. The molecule has 0 bridgehead atoms. The summed E-state index contributed by atoms with van der Waals surface area (Å²) in [5.74, 6) is 0.889. The maximum atomic E-state index is 5.22. The molecule has 6 aromatic carbocycles.